The predicted octanol–water partition coefficient (Wildman–Crippen LogP) is 2.90. The fourth-order valence-corrected chi connectivity index (χ4v) is 3.32. The highest BCUT2D eigenvalue weighted by Gasteiger charge is 2.55. The van der Waals surface area contributed by atoms with Crippen LogP contribution in [-0.2, 0) is 4.79 Å². The standard InChI is InChI=1S/C19H15ClN4O3/c1-24(18(26)16(22-19(24)27)11-5-3-2-4-6-11)23-17(25)15-10-12-9-13(20)7-8-14(12)21-15/h2-10,16H,1H3,(H2-,21,22,23,25,27)/p+1. The Morgan fingerprint density at radius 2 is 1.85 bits per heavy atom. The van der Waals surface area contributed by atoms with E-state index in [4.69, 9.17) is 11.6 Å². The monoisotopic (exact) mass is 383 g/mol. The third kappa shape index (κ3) is 2.87. The van der Waals surface area contributed by atoms with Crippen molar-refractivity contribution in [3.05, 3.63) is 70.9 Å². The maximum absolute atomic E-state index is 12.9. The number of nitrogens with one attached hydrogen (secondary N) is 3. The summed E-state index contributed by atoms with van der Waals surface area (Å²) >= 11 is 5.96. The van der Waals surface area contributed by atoms with Gasteiger partial charge in [-0.05, 0) is 29.8 Å². The molecule has 4 rings (SSSR count). The van der Waals surface area contributed by atoms with Gasteiger partial charge in [0, 0.05) is 15.9 Å². The van der Waals surface area contributed by atoms with Crippen molar-refractivity contribution in [3.8, 4) is 0 Å². The van der Waals surface area contributed by atoms with E-state index in [0.29, 0.717) is 10.6 Å². The first kappa shape index (κ1) is 17.3. The van der Waals surface area contributed by atoms with Crippen molar-refractivity contribution in [3.63, 3.8) is 0 Å². The maximum Gasteiger partial charge on any atom is 0.449 e. The van der Waals surface area contributed by atoms with E-state index in [1.807, 2.05) is 6.07 Å². The van der Waals surface area contributed by atoms with Crippen molar-refractivity contribution in [2.45, 2.75) is 6.04 Å². The molecular formula is C19H16ClN4O3+. The van der Waals surface area contributed by atoms with E-state index < -0.39 is 28.5 Å². The number of imide groups is 1. The third-order valence-electron chi connectivity index (χ3n) is 4.65. The number of fused-ring (bicyclic) bond motifs is 1. The van der Waals surface area contributed by atoms with Gasteiger partial charge in [-0.25, -0.2) is 9.59 Å². The number of urea groups is 1. The first-order valence-electron chi connectivity index (χ1n) is 8.26. The van der Waals surface area contributed by atoms with E-state index in [1.165, 1.54) is 7.05 Å². The Balaban J connectivity index is 1.61. The molecule has 2 atom stereocenters. The highest BCUT2D eigenvalue weighted by Crippen LogP contribution is 2.26. The van der Waals surface area contributed by atoms with Gasteiger partial charge in [0.2, 0.25) is 0 Å². The Labute approximate surface area is 159 Å². The van der Waals surface area contributed by atoms with E-state index in [0.717, 1.165) is 10.9 Å². The van der Waals surface area contributed by atoms with Crippen LogP contribution in [0.15, 0.2) is 54.6 Å². The summed E-state index contributed by atoms with van der Waals surface area (Å²) in [7, 11) is 1.36. The Morgan fingerprint density at radius 1 is 1.11 bits per heavy atom. The van der Waals surface area contributed by atoms with Crippen molar-refractivity contribution in [1.82, 2.24) is 15.7 Å². The van der Waals surface area contributed by atoms with Crippen molar-refractivity contribution in [1.29, 1.82) is 0 Å². The quantitative estimate of drug-likeness (QED) is 0.479. The number of aromatic nitrogens is 1. The summed E-state index contributed by atoms with van der Waals surface area (Å²) in [6.07, 6.45) is 0. The van der Waals surface area contributed by atoms with Crippen LogP contribution in [-0.4, -0.2) is 34.5 Å². The second-order valence-electron chi connectivity index (χ2n) is 6.49. The average Bonchev–Trinajstić information content (AvgIpc) is 3.17. The molecule has 0 aliphatic carbocycles. The first-order chi connectivity index (χ1) is 12.9. The van der Waals surface area contributed by atoms with E-state index in [2.05, 4.69) is 15.7 Å². The second-order valence-corrected chi connectivity index (χ2v) is 6.93. The Kier molecular flexibility index (Phi) is 3.98. The number of rotatable bonds is 3. The molecule has 3 N–H and O–H groups in total. The normalized spacial score (nSPS) is 22.1. The predicted molar refractivity (Wildman–Crippen MR) is 99.7 cm³/mol. The lowest BCUT2D eigenvalue weighted by molar-refractivity contribution is -0.783. The van der Waals surface area contributed by atoms with Gasteiger partial charge in [0.05, 0.1) is 0 Å². The molecule has 2 aromatic carbocycles. The van der Waals surface area contributed by atoms with Crippen LogP contribution < -0.4 is 10.7 Å². The van der Waals surface area contributed by atoms with Gasteiger partial charge in [0.15, 0.2) is 6.04 Å². The number of carbonyl (C=O) groups is 3. The lowest BCUT2D eigenvalue weighted by Crippen LogP contribution is -2.61. The third-order valence-corrected chi connectivity index (χ3v) is 4.88. The van der Waals surface area contributed by atoms with E-state index in [9.17, 15) is 14.4 Å². The van der Waals surface area contributed by atoms with Crippen molar-refractivity contribution < 1.29 is 19.0 Å². The number of nitrogens with zero attached hydrogens (tertiary/aromatic N) is 1. The number of benzene rings is 2. The van der Waals surface area contributed by atoms with Crippen molar-refractivity contribution in [2.24, 2.45) is 0 Å². The minimum absolute atomic E-state index is 0.232. The number of aromatic amines is 1. The van der Waals surface area contributed by atoms with Crippen molar-refractivity contribution >= 4 is 40.3 Å². The summed E-state index contributed by atoms with van der Waals surface area (Å²) in [5, 5.41) is 3.95. The lowest BCUT2D eigenvalue weighted by atomic mass is 10.1. The molecule has 7 nitrogen and oxygen atoms in total. The van der Waals surface area contributed by atoms with Gasteiger partial charge in [0.1, 0.15) is 12.7 Å². The fraction of sp³-hybridized carbons (Fsp3) is 0.105. The van der Waals surface area contributed by atoms with Gasteiger partial charge < -0.3 is 4.98 Å². The number of quaternary nitrogens is 1. The number of hydrogen-bond acceptors (Lipinski definition) is 3. The van der Waals surface area contributed by atoms with Crippen LogP contribution in [0.1, 0.15) is 22.1 Å². The topological polar surface area (TPSA) is 91.1 Å². The van der Waals surface area contributed by atoms with Gasteiger partial charge in [-0.3, -0.25) is 10.1 Å². The minimum atomic E-state index is -0.867. The number of halogens is 1. The summed E-state index contributed by atoms with van der Waals surface area (Å²) in [4.78, 5) is 41.0. The minimum Gasteiger partial charge on any atom is -0.350 e. The number of hydrogen-bond donors (Lipinski definition) is 3. The fourth-order valence-electron chi connectivity index (χ4n) is 3.14. The molecule has 1 aliphatic heterocycles. The smallest absolute Gasteiger partial charge is 0.350 e. The van der Waals surface area contributed by atoms with Gasteiger partial charge >= 0.3 is 17.8 Å². The zero-order valence-electron chi connectivity index (χ0n) is 14.3. The molecule has 4 amide bonds. The SMILES string of the molecule is C[N+]1(NC(=O)c2cc3cc(Cl)ccc3[nH]2)C(=O)NC(c2ccccc2)C1=O. The summed E-state index contributed by atoms with van der Waals surface area (Å²) in [5.74, 6) is -1.03. The zero-order valence-corrected chi connectivity index (χ0v) is 15.1. The molecule has 0 bridgehead atoms. The summed E-state index contributed by atoms with van der Waals surface area (Å²) < 4.78 is -0.867. The number of H-pyrrole nitrogens is 1. The molecule has 2 unspecified atom stereocenters. The molecular weight excluding hydrogens is 368 g/mol. The highest BCUT2D eigenvalue weighted by atomic mass is 35.5. The zero-order chi connectivity index (χ0) is 19.2. The molecule has 27 heavy (non-hydrogen) atoms. The van der Waals surface area contributed by atoms with Crippen LogP contribution >= 0.6 is 11.6 Å². The summed E-state index contributed by atoms with van der Waals surface area (Å²) in [6.45, 7) is 0. The molecule has 1 aromatic heterocycles. The van der Waals surface area contributed by atoms with Crippen LogP contribution in [0, 0.1) is 0 Å². The Hall–Kier alpha value is -3.16. The highest BCUT2D eigenvalue weighted by molar-refractivity contribution is 6.31. The van der Waals surface area contributed by atoms with Crippen LogP contribution in [0.3, 0.4) is 0 Å². The first-order valence-corrected chi connectivity index (χ1v) is 8.64. The lowest BCUT2D eigenvalue weighted by Gasteiger charge is -2.21. The van der Waals surface area contributed by atoms with Crippen LogP contribution in [0.5, 0.6) is 0 Å². The van der Waals surface area contributed by atoms with E-state index in [1.54, 1.807) is 48.5 Å². The van der Waals surface area contributed by atoms with Crippen LogP contribution in [0.2, 0.25) is 5.02 Å². The number of likely N-dealkylation sites (N-methyl/N-ethyl adjacent to an activating group) is 1. The van der Waals surface area contributed by atoms with Crippen LogP contribution in [0.4, 0.5) is 4.79 Å². The van der Waals surface area contributed by atoms with Crippen molar-refractivity contribution in [2.75, 3.05) is 7.05 Å². The second kappa shape index (κ2) is 6.22. The largest absolute Gasteiger partial charge is 0.449 e. The Bertz CT molecular complexity index is 1080. The van der Waals surface area contributed by atoms with Gasteiger partial charge in [-0.15, -0.1) is 0 Å². The van der Waals surface area contributed by atoms with Crippen LogP contribution in [0.25, 0.3) is 10.9 Å². The molecule has 1 aliphatic rings. The van der Waals surface area contributed by atoms with Gasteiger partial charge in [-0.1, -0.05) is 46.5 Å². The molecule has 2 heterocycles. The molecule has 8 heteroatoms. The molecule has 136 valence electrons. The number of carbonyl (C=O) groups excluding carboxylic acids is 3. The molecule has 1 fully saturated rings. The molecule has 0 spiro atoms. The van der Waals surface area contributed by atoms with E-state index >= 15 is 0 Å². The van der Waals surface area contributed by atoms with E-state index in [-0.39, 0.29) is 5.69 Å². The molecule has 0 saturated carbocycles. The molecule has 0 radical (unpaired) electrons. The summed E-state index contributed by atoms with van der Waals surface area (Å²) in [6, 6.07) is 14.3. The molecule has 3 aromatic rings. The van der Waals surface area contributed by atoms with Gasteiger partial charge in [0.25, 0.3) is 0 Å². The van der Waals surface area contributed by atoms with Gasteiger partial charge in [-0.2, -0.15) is 5.43 Å². The average molecular weight is 384 g/mol. The summed E-state index contributed by atoms with van der Waals surface area (Å²) in [5.41, 5.74) is 4.14. The molecule has 1 saturated heterocycles. The maximum atomic E-state index is 12.9. The number of amides is 4. The Morgan fingerprint density at radius 3 is 2.59 bits per heavy atom.